The molecule has 3 atom stereocenters. The minimum atomic E-state index is -0.393. The number of para-hydroxylation sites is 1. The van der Waals surface area contributed by atoms with E-state index in [0.29, 0.717) is 0 Å². The van der Waals surface area contributed by atoms with Crippen LogP contribution in [0.2, 0.25) is 0 Å². The maximum Gasteiger partial charge on any atom is 0.155 e. The minimum Gasteiger partial charge on any atom is -0.309 e. The van der Waals surface area contributed by atoms with E-state index < -0.39 is 5.54 Å². The minimum absolute atomic E-state index is 0.127. The molecule has 3 heterocycles. The SMILES string of the molecule is CC1C2C(c3cc(-n4c5ccccc5c5cc6c7c8ccccc8ccc7n(-c7ccc(-c8ccccc8)cc7)c6cc54)cc4ccccc34)=NC(c3ccccc3)=NC12c1ccccc1. The van der Waals surface area contributed by atoms with Crippen molar-refractivity contribution in [1.29, 1.82) is 0 Å². The lowest BCUT2D eigenvalue weighted by Crippen LogP contribution is -2.23. The molecule has 4 nitrogen and oxygen atoms in total. The van der Waals surface area contributed by atoms with Gasteiger partial charge in [-0.1, -0.05) is 183 Å². The number of benzene rings is 10. The summed E-state index contributed by atoms with van der Waals surface area (Å²) in [5.74, 6) is 1.19. The predicted molar refractivity (Wildman–Crippen MR) is 276 cm³/mol. The molecular formula is C62H42N4. The predicted octanol–water partition coefficient (Wildman–Crippen LogP) is 15.3. The van der Waals surface area contributed by atoms with E-state index in [2.05, 4.69) is 241 Å². The normalized spacial score (nSPS) is 18.0. The van der Waals surface area contributed by atoms with Gasteiger partial charge in [-0.2, -0.15) is 0 Å². The molecule has 0 amide bonds. The molecule has 10 aromatic carbocycles. The van der Waals surface area contributed by atoms with Gasteiger partial charge in [0.15, 0.2) is 5.84 Å². The van der Waals surface area contributed by atoms with Crippen molar-refractivity contribution in [1.82, 2.24) is 9.13 Å². The van der Waals surface area contributed by atoms with E-state index in [1.807, 2.05) is 0 Å². The van der Waals surface area contributed by atoms with Crippen LogP contribution in [0.15, 0.2) is 234 Å². The fourth-order valence-electron chi connectivity index (χ4n) is 11.6. The Kier molecular flexibility index (Phi) is 7.91. The molecule has 0 bridgehead atoms. The zero-order valence-electron chi connectivity index (χ0n) is 36.3. The molecule has 2 aromatic heterocycles. The lowest BCUT2D eigenvalue weighted by molar-refractivity contribution is 0.656. The summed E-state index contributed by atoms with van der Waals surface area (Å²) in [6.07, 6.45) is 0. The fourth-order valence-corrected chi connectivity index (χ4v) is 11.6. The Hall–Kier alpha value is -8.34. The molecule has 2 aliphatic rings. The Morgan fingerprint density at radius 1 is 0.409 bits per heavy atom. The first kappa shape index (κ1) is 37.1. The van der Waals surface area contributed by atoms with Gasteiger partial charge in [-0.05, 0) is 92.7 Å². The number of hydrogen-bond donors (Lipinski definition) is 0. The van der Waals surface area contributed by atoms with Gasteiger partial charge in [0.05, 0.1) is 27.8 Å². The van der Waals surface area contributed by atoms with E-state index >= 15 is 0 Å². The summed E-state index contributed by atoms with van der Waals surface area (Å²) < 4.78 is 4.97. The van der Waals surface area contributed by atoms with Gasteiger partial charge in [0.1, 0.15) is 5.54 Å². The van der Waals surface area contributed by atoms with Gasteiger partial charge in [0.25, 0.3) is 0 Å². The molecular weight excluding hydrogens is 801 g/mol. The zero-order valence-corrected chi connectivity index (χ0v) is 36.3. The molecule has 1 saturated carbocycles. The van der Waals surface area contributed by atoms with Crippen molar-refractivity contribution in [3.8, 4) is 22.5 Å². The lowest BCUT2D eigenvalue weighted by atomic mass is 9.92. The number of fused-ring (bicyclic) bond motifs is 10. The highest BCUT2D eigenvalue weighted by Gasteiger charge is 2.67. The smallest absolute Gasteiger partial charge is 0.155 e. The maximum atomic E-state index is 5.58. The average molecular weight is 843 g/mol. The standard InChI is InChI=1S/C62H42N4/c1-39-59-60(63-61(43-20-7-3-8-21-43)64-62(39,59)45-23-9-4-10-24-45)52-36-47(35-44-22-12-13-25-48(44)52)66-54-28-16-15-27-50(54)51-37-53-57(38-56(51)66)65(55-34-31-42-19-11-14-26-49(42)58(53)55)46-32-29-41(30-33-46)40-17-5-2-6-18-40/h2-39,59H,1H3. The van der Waals surface area contributed by atoms with Gasteiger partial charge in [0.2, 0.25) is 0 Å². The van der Waals surface area contributed by atoms with Gasteiger partial charge < -0.3 is 9.13 Å². The summed E-state index contributed by atoms with van der Waals surface area (Å²) in [5, 5.41) is 9.85. The average Bonchev–Trinajstić information content (AvgIpc) is 3.68. The highest BCUT2D eigenvalue weighted by atomic mass is 15.1. The second kappa shape index (κ2) is 14.1. The Morgan fingerprint density at radius 2 is 1.02 bits per heavy atom. The highest BCUT2D eigenvalue weighted by Crippen LogP contribution is 2.64. The summed E-state index contributed by atoms with van der Waals surface area (Å²) in [4.78, 5) is 11.1. The summed E-state index contributed by atoms with van der Waals surface area (Å²) in [5.41, 5.74) is 13.5. The van der Waals surface area contributed by atoms with Gasteiger partial charge in [0, 0.05) is 50.0 Å². The van der Waals surface area contributed by atoms with Crippen molar-refractivity contribution in [2.45, 2.75) is 12.5 Å². The molecule has 3 unspecified atom stereocenters. The third kappa shape index (κ3) is 5.33. The number of aromatic nitrogens is 2. The molecule has 0 saturated heterocycles. The van der Waals surface area contributed by atoms with Crippen molar-refractivity contribution in [2.24, 2.45) is 21.8 Å². The second-order valence-corrected chi connectivity index (χ2v) is 18.1. The van der Waals surface area contributed by atoms with Crippen LogP contribution < -0.4 is 0 Å². The molecule has 4 heteroatoms. The van der Waals surface area contributed by atoms with Crippen molar-refractivity contribution < 1.29 is 0 Å². The van der Waals surface area contributed by atoms with E-state index in [1.54, 1.807) is 0 Å². The molecule has 66 heavy (non-hydrogen) atoms. The third-order valence-electron chi connectivity index (χ3n) is 14.7. The quantitative estimate of drug-likeness (QED) is 0.160. The number of hydrogen-bond acceptors (Lipinski definition) is 2. The van der Waals surface area contributed by atoms with Crippen LogP contribution in [0.3, 0.4) is 0 Å². The Morgan fingerprint density at radius 3 is 1.79 bits per heavy atom. The highest BCUT2D eigenvalue weighted by molar-refractivity contribution is 6.26. The third-order valence-corrected chi connectivity index (χ3v) is 14.7. The summed E-state index contributed by atoms with van der Waals surface area (Å²) in [6.45, 7) is 2.35. The van der Waals surface area contributed by atoms with E-state index in [9.17, 15) is 0 Å². The number of nitrogens with zero attached hydrogens (tertiary/aromatic N) is 4. The number of amidine groups is 1. The van der Waals surface area contributed by atoms with Gasteiger partial charge in [-0.3, -0.25) is 4.99 Å². The molecule has 1 aliphatic heterocycles. The molecule has 310 valence electrons. The van der Waals surface area contributed by atoms with E-state index in [-0.39, 0.29) is 11.8 Å². The molecule has 12 aromatic rings. The maximum absolute atomic E-state index is 5.58. The first-order valence-electron chi connectivity index (χ1n) is 23.0. The van der Waals surface area contributed by atoms with E-state index in [1.165, 1.54) is 76.3 Å². The van der Waals surface area contributed by atoms with Crippen LogP contribution in [0.5, 0.6) is 0 Å². The molecule has 0 N–H and O–H groups in total. The summed E-state index contributed by atoms with van der Waals surface area (Å²) in [7, 11) is 0. The van der Waals surface area contributed by atoms with Gasteiger partial charge >= 0.3 is 0 Å². The van der Waals surface area contributed by atoms with Crippen LogP contribution in [0, 0.1) is 11.8 Å². The zero-order chi connectivity index (χ0) is 43.5. The van der Waals surface area contributed by atoms with E-state index in [0.717, 1.165) is 39.6 Å². The summed E-state index contributed by atoms with van der Waals surface area (Å²) >= 11 is 0. The van der Waals surface area contributed by atoms with Gasteiger partial charge in [-0.15, -0.1) is 0 Å². The summed E-state index contributed by atoms with van der Waals surface area (Å²) in [6, 6.07) is 81.9. The Bertz CT molecular complexity index is 3990. The van der Waals surface area contributed by atoms with Crippen molar-refractivity contribution >= 4 is 76.7 Å². The monoisotopic (exact) mass is 842 g/mol. The van der Waals surface area contributed by atoms with Crippen LogP contribution in [0.4, 0.5) is 0 Å². The van der Waals surface area contributed by atoms with Gasteiger partial charge in [-0.25, -0.2) is 4.99 Å². The first-order valence-corrected chi connectivity index (χ1v) is 23.0. The van der Waals surface area contributed by atoms with E-state index in [4.69, 9.17) is 9.98 Å². The molecule has 14 rings (SSSR count). The lowest BCUT2D eigenvalue weighted by Gasteiger charge is -2.22. The van der Waals surface area contributed by atoms with Crippen LogP contribution in [-0.2, 0) is 5.54 Å². The van der Waals surface area contributed by atoms with Crippen molar-refractivity contribution in [3.05, 3.63) is 241 Å². The fraction of sp³-hybridized carbons (Fsp3) is 0.0645. The molecule has 0 spiro atoms. The molecule has 1 fully saturated rings. The van der Waals surface area contributed by atoms with Crippen LogP contribution in [0.25, 0.3) is 87.7 Å². The number of aliphatic imine (C=N–C) groups is 2. The second-order valence-electron chi connectivity index (χ2n) is 18.1. The molecule has 1 aliphatic carbocycles. The van der Waals surface area contributed by atoms with Crippen LogP contribution in [0.1, 0.15) is 23.6 Å². The first-order chi connectivity index (χ1) is 32.6. The molecule has 0 radical (unpaired) electrons. The topological polar surface area (TPSA) is 34.6 Å². The van der Waals surface area contributed by atoms with Crippen LogP contribution >= 0.6 is 0 Å². The van der Waals surface area contributed by atoms with Crippen LogP contribution in [-0.4, -0.2) is 20.7 Å². The Labute approximate surface area is 382 Å². The van der Waals surface area contributed by atoms with Crippen molar-refractivity contribution in [2.75, 3.05) is 0 Å². The van der Waals surface area contributed by atoms with Crippen molar-refractivity contribution in [3.63, 3.8) is 0 Å². The largest absolute Gasteiger partial charge is 0.309 e. The number of rotatable bonds is 6. The Balaban J connectivity index is 1.04.